The summed E-state index contributed by atoms with van der Waals surface area (Å²) in [7, 11) is 0. The highest BCUT2D eigenvalue weighted by Gasteiger charge is 2.16. The third-order valence-electron chi connectivity index (χ3n) is 1.93. The van der Waals surface area contributed by atoms with E-state index < -0.39 is 17.0 Å². The summed E-state index contributed by atoms with van der Waals surface area (Å²) in [4.78, 5) is 20.7. The van der Waals surface area contributed by atoms with Crippen molar-refractivity contribution >= 4 is 11.7 Å². The Balaban J connectivity index is 2.83. The molecule has 0 aromatic heterocycles. The van der Waals surface area contributed by atoms with Crippen molar-refractivity contribution in [2.45, 2.75) is 19.6 Å². The summed E-state index contributed by atoms with van der Waals surface area (Å²) in [5.74, 6) is -1.45. The molecule has 0 aliphatic heterocycles. The van der Waals surface area contributed by atoms with Crippen molar-refractivity contribution in [1.82, 2.24) is 0 Å². The van der Waals surface area contributed by atoms with E-state index in [4.69, 9.17) is 11.2 Å². The van der Waals surface area contributed by atoms with Crippen LogP contribution in [-0.2, 0) is 16.1 Å². The number of benzene rings is 1. The molecule has 0 heterocycles. The first-order valence-electron chi connectivity index (χ1n) is 4.94. The normalized spacial score (nSPS) is 14.9. The lowest BCUT2D eigenvalue weighted by Crippen LogP contribution is -2.19. The van der Waals surface area contributed by atoms with Gasteiger partial charge in [0, 0.05) is 6.07 Å². The number of para-hydroxylation sites is 1. The number of carbonyl (C=O) groups is 1. The zero-order chi connectivity index (χ0) is 13.1. The van der Waals surface area contributed by atoms with Gasteiger partial charge >= 0.3 is 5.97 Å². The third-order valence-corrected chi connectivity index (χ3v) is 1.93. The number of hydrogen-bond acceptors (Lipinski definition) is 4. The quantitative estimate of drug-likeness (QED) is 0.608. The van der Waals surface area contributed by atoms with E-state index in [9.17, 15) is 14.9 Å². The maximum Gasteiger partial charge on any atom is 0.332 e. The van der Waals surface area contributed by atoms with Gasteiger partial charge in [-0.1, -0.05) is 12.1 Å². The molecule has 1 atom stereocenters. The minimum atomic E-state index is -2.12. The van der Waals surface area contributed by atoms with Gasteiger partial charge in [-0.05, 0) is 13.0 Å². The summed E-state index contributed by atoms with van der Waals surface area (Å²) in [5, 5.41) is 19.3. The molecular weight excluding hydrogens is 214 g/mol. The van der Waals surface area contributed by atoms with Crippen LogP contribution >= 0.6 is 0 Å². The van der Waals surface area contributed by atoms with Gasteiger partial charge in [0.1, 0.15) is 0 Å². The number of ether oxygens (including phenoxy) is 1. The summed E-state index contributed by atoms with van der Waals surface area (Å²) in [6, 6.07) is 5.82. The summed E-state index contributed by atoms with van der Waals surface area (Å²) >= 11 is 0. The predicted molar refractivity (Wildman–Crippen MR) is 55.0 cm³/mol. The molecule has 0 amide bonds. The van der Waals surface area contributed by atoms with Crippen LogP contribution in [0.3, 0.4) is 0 Å². The van der Waals surface area contributed by atoms with Crippen LogP contribution in [0.15, 0.2) is 24.3 Å². The molecule has 0 saturated heterocycles. The SMILES string of the molecule is [2H]C(C)(OCc1ccccc1[N+](=O)[O-])C(=O)O. The van der Waals surface area contributed by atoms with E-state index in [0.717, 1.165) is 6.92 Å². The second kappa shape index (κ2) is 5.22. The molecule has 1 rings (SSSR count). The average molecular weight is 226 g/mol. The fourth-order valence-corrected chi connectivity index (χ4v) is 1.06. The summed E-state index contributed by atoms with van der Waals surface area (Å²) in [6.45, 7) is 0.757. The lowest BCUT2D eigenvalue weighted by atomic mass is 10.2. The number of aliphatic carboxylic acids is 1. The molecule has 0 fully saturated rings. The zero-order valence-electron chi connectivity index (χ0n) is 9.54. The maximum absolute atomic E-state index is 10.7. The van der Waals surface area contributed by atoms with Crippen molar-refractivity contribution < 1.29 is 20.9 Å². The third kappa shape index (κ3) is 3.03. The highest BCUT2D eigenvalue weighted by Crippen LogP contribution is 2.18. The van der Waals surface area contributed by atoms with Gasteiger partial charge in [-0.3, -0.25) is 10.1 Å². The Morgan fingerprint density at radius 2 is 2.31 bits per heavy atom. The van der Waals surface area contributed by atoms with E-state index in [1.165, 1.54) is 18.2 Å². The molecule has 1 aromatic carbocycles. The topological polar surface area (TPSA) is 89.7 Å². The van der Waals surface area contributed by atoms with Crippen LogP contribution in [0.2, 0.25) is 0 Å². The molecular formula is C10H11NO5. The van der Waals surface area contributed by atoms with Gasteiger partial charge in [0.05, 0.1) is 18.5 Å². The van der Waals surface area contributed by atoms with Crippen LogP contribution in [0.5, 0.6) is 0 Å². The Labute approximate surface area is 93.0 Å². The highest BCUT2D eigenvalue weighted by molar-refractivity contribution is 5.71. The first kappa shape index (κ1) is 10.6. The van der Waals surface area contributed by atoms with Crippen LogP contribution in [0, 0.1) is 10.1 Å². The number of hydrogen-bond donors (Lipinski definition) is 1. The maximum atomic E-state index is 10.7. The van der Waals surface area contributed by atoms with E-state index in [-0.39, 0.29) is 17.9 Å². The molecule has 0 radical (unpaired) electrons. The summed E-state index contributed by atoms with van der Waals surface area (Å²) in [6.07, 6.45) is -2.12. The Hall–Kier alpha value is -1.95. The molecule has 6 heteroatoms. The molecule has 0 spiro atoms. The van der Waals surface area contributed by atoms with E-state index in [1.807, 2.05) is 0 Å². The number of nitro benzene ring substituents is 1. The first-order chi connectivity index (χ1) is 7.84. The standard InChI is InChI=1S/C10H11NO5/c1-7(10(12)13)16-6-8-4-2-3-5-9(8)11(14)15/h2-5,7H,6H2,1H3,(H,12,13)/i7D. The van der Waals surface area contributed by atoms with Gasteiger partial charge in [-0.15, -0.1) is 0 Å². The smallest absolute Gasteiger partial charge is 0.332 e. The molecule has 0 aliphatic rings. The molecule has 0 aliphatic carbocycles. The van der Waals surface area contributed by atoms with Crippen LogP contribution in [0.25, 0.3) is 0 Å². The van der Waals surface area contributed by atoms with Crippen molar-refractivity contribution in [2.24, 2.45) is 0 Å². The van der Waals surface area contributed by atoms with Crippen LogP contribution in [0.1, 0.15) is 13.9 Å². The van der Waals surface area contributed by atoms with Crippen LogP contribution < -0.4 is 0 Å². The Morgan fingerprint density at radius 1 is 1.69 bits per heavy atom. The van der Waals surface area contributed by atoms with Crippen LogP contribution in [0.4, 0.5) is 5.69 Å². The van der Waals surface area contributed by atoms with Gasteiger partial charge in [-0.2, -0.15) is 0 Å². The largest absolute Gasteiger partial charge is 0.479 e. The minimum absolute atomic E-state index is 0.159. The Morgan fingerprint density at radius 3 is 2.88 bits per heavy atom. The molecule has 1 N–H and O–H groups in total. The minimum Gasteiger partial charge on any atom is -0.479 e. The number of carboxylic acids is 1. The lowest BCUT2D eigenvalue weighted by molar-refractivity contribution is -0.386. The molecule has 1 aromatic rings. The highest BCUT2D eigenvalue weighted by atomic mass is 16.6. The number of carboxylic acid groups (broad SMARTS) is 1. The van der Waals surface area contributed by atoms with Gasteiger partial charge < -0.3 is 9.84 Å². The average Bonchev–Trinajstić information content (AvgIpc) is 2.26. The van der Waals surface area contributed by atoms with E-state index >= 15 is 0 Å². The van der Waals surface area contributed by atoms with Crippen LogP contribution in [-0.4, -0.2) is 22.1 Å². The number of nitrogens with zero attached hydrogens (tertiary/aromatic N) is 1. The monoisotopic (exact) mass is 226 g/mol. The lowest BCUT2D eigenvalue weighted by Gasteiger charge is -2.08. The summed E-state index contributed by atoms with van der Waals surface area (Å²) < 4.78 is 12.1. The summed E-state index contributed by atoms with van der Waals surface area (Å²) in [5.41, 5.74) is 0.0749. The molecule has 86 valence electrons. The van der Waals surface area contributed by atoms with Crippen molar-refractivity contribution in [3.63, 3.8) is 0 Å². The van der Waals surface area contributed by atoms with E-state index in [2.05, 4.69) is 0 Å². The molecule has 1 unspecified atom stereocenters. The Bertz CT molecular complexity index is 446. The van der Waals surface area contributed by atoms with Gasteiger partial charge in [0.15, 0.2) is 6.08 Å². The van der Waals surface area contributed by atoms with Crippen molar-refractivity contribution in [3.8, 4) is 0 Å². The second-order valence-electron chi connectivity index (χ2n) is 3.04. The number of nitro groups is 1. The second-order valence-corrected chi connectivity index (χ2v) is 3.04. The fraction of sp³-hybridized carbons (Fsp3) is 0.300. The zero-order valence-corrected chi connectivity index (χ0v) is 8.54. The van der Waals surface area contributed by atoms with E-state index in [1.54, 1.807) is 6.07 Å². The molecule has 0 bridgehead atoms. The van der Waals surface area contributed by atoms with Gasteiger partial charge in [-0.25, -0.2) is 4.79 Å². The van der Waals surface area contributed by atoms with Gasteiger partial charge in [0.25, 0.3) is 5.69 Å². The van der Waals surface area contributed by atoms with Crippen molar-refractivity contribution in [1.29, 1.82) is 0 Å². The van der Waals surface area contributed by atoms with E-state index in [0.29, 0.717) is 0 Å². The first-order valence-corrected chi connectivity index (χ1v) is 4.44. The van der Waals surface area contributed by atoms with Gasteiger partial charge in [0.2, 0.25) is 0 Å². The molecule has 0 saturated carbocycles. The van der Waals surface area contributed by atoms with Crippen molar-refractivity contribution in [3.05, 3.63) is 39.9 Å². The Kier molecular flexibility index (Phi) is 3.45. The van der Waals surface area contributed by atoms with Crippen molar-refractivity contribution in [2.75, 3.05) is 0 Å². The molecule has 6 nitrogen and oxygen atoms in total. The fourth-order valence-electron chi connectivity index (χ4n) is 1.06. The predicted octanol–water partition coefficient (Wildman–Crippen LogP) is 1.58. The molecule has 16 heavy (non-hydrogen) atoms. The number of rotatable bonds is 5.